The van der Waals surface area contributed by atoms with Gasteiger partial charge in [-0.2, -0.15) is 0 Å². The van der Waals surface area contributed by atoms with Gasteiger partial charge in [0.2, 0.25) is 0 Å². The second kappa shape index (κ2) is 7.77. The number of phenolic OH excluding ortho intramolecular Hbond substituents is 1. The summed E-state index contributed by atoms with van der Waals surface area (Å²) in [6, 6.07) is -0.0455. The van der Waals surface area contributed by atoms with Crippen LogP contribution in [0.4, 0.5) is 0 Å². The van der Waals surface area contributed by atoms with Crippen molar-refractivity contribution >= 4 is 29.1 Å². The third-order valence-corrected chi connectivity index (χ3v) is 3.62. The van der Waals surface area contributed by atoms with Crippen LogP contribution in [-0.2, 0) is 11.2 Å². The van der Waals surface area contributed by atoms with Crippen molar-refractivity contribution in [3.8, 4) is 11.5 Å². The number of benzene rings is 2. The van der Waals surface area contributed by atoms with Crippen molar-refractivity contribution in [1.82, 2.24) is 0 Å². The molecule has 0 atom stereocenters. The zero-order chi connectivity index (χ0) is 26.4. The molecule has 0 saturated carbocycles. The van der Waals surface area contributed by atoms with E-state index in [0.717, 1.165) is 0 Å². The molecule has 4 nitrogen and oxygen atoms in total. The summed E-state index contributed by atoms with van der Waals surface area (Å²) in [6.07, 6.45) is -0.442. The van der Waals surface area contributed by atoms with Crippen LogP contribution in [0.3, 0.4) is 0 Å². The Kier molecular flexibility index (Phi) is 2.91. The fourth-order valence-electron chi connectivity index (χ4n) is 1.87. The molecule has 1 amide bonds. The monoisotopic (exact) mass is 377 g/mol. The summed E-state index contributed by atoms with van der Waals surface area (Å²) in [5, 5.41) is 10.3. The average molecular weight is 378 g/mol. The Morgan fingerprint density at radius 1 is 1.42 bits per heavy atom. The van der Waals surface area contributed by atoms with Gasteiger partial charge < -0.3 is 15.6 Å². The van der Waals surface area contributed by atoms with Crippen molar-refractivity contribution < 1.29 is 28.3 Å². The van der Waals surface area contributed by atoms with Crippen LogP contribution in [0.1, 0.15) is 50.0 Å². The molecule has 128 valence electrons. The quantitative estimate of drug-likeness (QED) is 0.788. The SMILES string of the molecule is [2H]c1c([2H])c(Cc2c(Cl)cc(OCC(N)=O)cc2Cl)c([2H])c(C([2H])(C([2H])([2H])[2H])C([2H])([2H])[2H])c1O. The Bertz CT molecular complexity index is 1100. The van der Waals surface area contributed by atoms with E-state index in [0.29, 0.717) is 0 Å². The number of ether oxygens (including phenoxy) is 1. The predicted octanol–water partition coefficient (Wildman–Crippen LogP) is 4.28. The summed E-state index contributed by atoms with van der Waals surface area (Å²) < 4.78 is 83.9. The average Bonchev–Trinajstić information content (AvgIpc) is 2.68. The van der Waals surface area contributed by atoms with Crippen molar-refractivity contribution in [1.29, 1.82) is 0 Å². The van der Waals surface area contributed by atoms with E-state index in [1.54, 1.807) is 0 Å². The molecule has 0 aromatic heterocycles. The van der Waals surface area contributed by atoms with Gasteiger partial charge in [-0.1, -0.05) is 49.0 Å². The number of amides is 1. The molecule has 0 aliphatic rings. The van der Waals surface area contributed by atoms with Gasteiger partial charge in [-0.3, -0.25) is 4.79 Å². The molecule has 2 aromatic rings. The van der Waals surface area contributed by atoms with Crippen LogP contribution in [0, 0.1) is 0 Å². The van der Waals surface area contributed by atoms with Gasteiger partial charge in [-0.15, -0.1) is 0 Å². The Labute approximate surface area is 165 Å². The first kappa shape index (κ1) is 8.97. The van der Waals surface area contributed by atoms with E-state index in [1.165, 1.54) is 12.1 Å². The molecule has 0 radical (unpaired) electrons. The van der Waals surface area contributed by atoms with Crippen LogP contribution < -0.4 is 10.5 Å². The Morgan fingerprint density at radius 2 is 2.08 bits per heavy atom. The van der Waals surface area contributed by atoms with Gasteiger partial charge in [0, 0.05) is 26.1 Å². The number of hydrogen-bond donors (Lipinski definition) is 2. The van der Waals surface area contributed by atoms with Crippen molar-refractivity contribution in [3.63, 3.8) is 0 Å². The normalized spacial score (nSPS) is 18.4. The number of primary amides is 1. The van der Waals surface area contributed by atoms with E-state index in [1.807, 2.05) is 0 Å². The number of hydrogen-bond acceptors (Lipinski definition) is 3. The fraction of sp³-hybridized carbons (Fsp3) is 0.278. The van der Waals surface area contributed by atoms with E-state index in [4.69, 9.17) is 47.4 Å². The van der Waals surface area contributed by atoms with Crippen molar-refractivity contribution in [2.24, 2.45) is 5.73 Å². The minimum atomic E-state index is -3.53. The number of rotatable bonds is 6. The molecule has 2 aromatic carbocycles. The topological polar surface area (TPSA) is 72.5 Å². The smallest absolute Gasteiger partial charge is 0.255 e. The van der Waals surface area contributed by atoms with Crippen LogP contribution in [0.2, 0.25) is 10.0 Å². The van der Waals surface area contributed by atoms with Crippen LogP contribution >= 0.6 is 23.2 Å². The second-order valence-electron chi connectivity index (χ2n) is 4.75. The maximum Gasteiger partial charge on any atom is 0.255 e. The van der Waals surface area contributed by atoms with Crippen LogP contribution in [-0.4, -0.2) is 17.6 Å². The van der Waals surface area contributed by atoms with Gasteiger partial charge in [0.15, 0.2) is 6.61 Å². The standard InChI is InChI=1S/C18H19Cl2NO3/c1-10(2)13-5-11(3-4-17(13)22)6-14-15(19)7-12(8-16(14)20)24-9-18(21)23/h3-5,7-8,10,22H,6,9H2,1-2H3,(H2,21,23)/i1D3,2D3,3D,4D,5D,10D. The highest BCUT2D eigenvalue weighted by Gasteiger charge is 2.13. The first-order chi connectivity index (χ1) is 15.3. The largest absolute Gasteiger partial charge is 0.508 e. The molecule has 0 aliphatic heterocycles. The first-order valence-corrected chi connectivity index (χ1v) is 7.31. The van der Waals surface area contributed by atoms with Crippen molar-refractivity contribution in [2.75, 3.05) is 6.61 Å². The molecule has 0 spiro atoms. The highest BCUT2D eigenvalue weighted by Crippen LogP contribution is 2.33. The molecule has 0 bridgehead atoms. The lowest BCUT2D eigenvalue weighted by molar-refractivity contribution is -0.119. The van der Waals surface area contributed by atoms with Crippen LogP contribution in [0.25, 0.3) is 0 Å². The lowest BCUT2D eigenvalue weighted by Gasteiger charge is -2.13. The Hall–Kier alpha value is -1.91. The Morgan fingerprint density at radius 3 is 2.67 bits per heavy atom. The Balaban J connectivity index is 2.75. The molecule has 0 heterocycles. The molecule has 6 heteroatoms. The van der Waals surface area contributed by atoms with Crippen LogP contribution in [0.5, 0.6) is 11.5 Å². The summed E-state index contributed by atoms with van der Waals surface area (Å²) in [4.78, 5) is 10.9. The van der Waals surface area contributed by atoms with E-state index < -0.39 is 68.0 Å². The van der Waals surface area contributed by atoms with E-state index in [9.17, 15) is 9.90 Å². The maximum absolute atomic E-state index is 10.9. The summed E-state index contributed by atoms with van der Waals surface area (Å²) >= 11 is 12.5. The molecule has 0 fully saturated rings. The molecule has 0 unspecified atom stereocenters. The summed E-state index contributed by atoms with van der Waals surface area (Å²) in [6.45, 7) is -7.53. The van der Waals surface area contributed by atoms with E-state index in [-0.39, 0.29) is 26.9 Å². The van der Waals surface area contributed by atoms with Crippen molar-refractivity contribution in [3.05, 3.63) is 57.0 Å². The second-order valence-corrected chi connectivity index (χ2v) is 5.56. The summed E-state index contributed by atoms with van der Waals surface area (Å²) in [7, 11) is 0. The molecule has 2 rings (SSSR count). The highest BCUT2D eigenvalue weighted by atomic mass is 35.5. The van der Waals surface area contributed by atoms with Gasteiger partial charge in [0.05, 0.1) is 4.11 Å². The predicted molar refractivity (Wildman–Crippen MR) is 96.2 cm³/mol. The van der Waals surface area contributed by atoms with E-state index in [2.05, 4.69) is 0 Å². The number of phenols is 1. The molecule has 24 heavy (non-hydrogen) atoms. The maximum atomic E-state index is 10.9. The number of aromatic hydroxyl groups is 1. The minimum absolute atomic E-state index is 0.0456. The third kappa shape index (κ3) is 4.56. The van der Waals surface area contributed by atoms with Gasteiger partial charge in [0.1, 0.15) is 11.5 Å². The number of carbonyl (C=O) groups excluding carboxylic acids is 1. The lowest BCUT2D eigenvalue weighted by atomic mass is 9.96. The molecule has 0 aliphatic carbocycles. The number of carbonyl (C=O) groups is 1. The summed E-state index contributed by atoms with van der Waals surface area (Å²) in [5.41, 5.74) is 3.61. The first-order valence-electron chi connectivity index (χ1n) is 11.6. The zero-order valence-electron chi connectivity index (χ0n) is 22.2. The molecular weight excluding hydrogens is 349 g/mol. The summed E-state index contributed by atoms with van der Waals surface area (Å²) in [5.74, 6) is -5.40. The van der Waals surface area contributed by atoms with Gasteiger partial charge >= 0.3 is 0 Å². The van der Waals surface area contributed by atoms with Crippen molar-refractivity contribution in [2.45, 2.75) is 26.0 Å². The van der Waals surface area contributed by atoms with Gasteiger partial charge in [-0.05, 0) is 40.8 Å². The third-order valence-electron chi connectivity index (χ3n) is 2.94. The number of nitrogens with two attached hydrogens (primary N) is 1. The number of halogens is 2. The zero-order valence-corrected chi connectivity index (χ0v) is 13.7. The molecule has 0 saturated heterocycles. The van der Waals surface area contributed by atoms with Crippen LogP contribution in [0.15, 0.2) is 30.3 Å². The molecule has 3 N–H and O–H groups in total. The lowest BCUT2D eigenvalue weighted by Crippen LogP contribution is -2.20. The van der Waals surface area contributed by atoms with Gasteiger partial charge in [0.25, 0.3) is 5.91 Å². The van der Waals surface area contributed by atoms with Gasteiger partial charge in [-0.25, -0.2) is 0 Å². The van der Waals surface area contributed by atoms with E-state index >= 15 is 0 Å². The molecular formula is C18H19Cl2NO3. The minimum Gasteiger partial charge on any atom is -0.508 e. The fourth-order valence-corrected chi connectivity index (χ4v) is 2.47. The highest BCUT2D eigenvalue weighted by molar-refractivity contribution is 6.36.